The van der Waals surface area contributed by atoms with E-state index in [1.54, 1.807) is 28.8 Å². The van der Waals surface area contributed by atoms with E-state index >= 15 is 0 Å². The number of pyridine rings is 1. The number of ether oxygens (including phenoxy) is 1. The van der Waals surface area contributed by atoms with Crippen molar-refractivity contribution in [1.29, 1.82) is 0 Å². The Labute approximate surface area is 121 Å². The van der Waals surface area contributed by atoms with E-state index in [0.29, 0.717) is 11.5 Å². The zero-order valence-electron chi connectivity index (χ0n) is 11.7. The third kappa shape index (κ3) is 2.69. The zero-order chi connectivity index (χ0) is 14.8. The fourth-order valence-corrected chi connectivity index (χ4v) is 1.97. The van der Waals surface area contributed by atoms with E-state index < -0.39 is 0 Å². The molecule has 0 saturated heterocycles. The Morgan fingerprint density at radius 3 is 2.71 bits per heavy atom. The Hall–Kier alpha value is -2.89. The van der Waals surface area contributed by atoms with Crippen LogP contribution < -0.4 is 5.32 Å². The number of benzene rings is 1. The number of carbonyl (C=O) groups excluding carboxylic acids is 1. The Morgan fingerprint density at radius 1 is 1.24 bits per heavy atom. The number of anilines is 2. The lowest BCUT2D eigenvalue weighted by atomic mass is 10.2. The van der Waals surface area contributed by atoms with Crippen LogP contribution in [0, 0.1) is 6.92 Å². The van der Waals surface area contributed by atoms with Crippen LogP contribution in [0.2, 0.25) is 0 Å². The highest BCUT2D eigenvalue weighted by Crippen LogP contribution is 2.16. The van der Waals surface area contributed by atoms with Crippen LogP contribution in [0.1, 0.15) is 15.9 Å². The van der Waals surface area contributed by atoms with Crippen molar-refractivity contribution in [1.82, 2.24) is 14.6 Å². The summed E-state index contributed by atoms with van der Waals surface area (Å²) in [5.74, 6) is 0.147. The third-order valence-electron chi connectivity index (χ3n) is 3.06. The molecule has 2 heterocycles. The predicted molar refractivity (Wildman–Crippen MR) is 78.8 cm³/mol. The molecular formula is C15H14N4O2. The monoisotopic (exact) mass is 282 g/mol. The summed E-state index contributed by atoms with van der Waals surface area (Å²) in [5.41, 5.74) is 3.21. The number of rotatable bonds is 3. The molecular weight excluding hydrogens is 268 g/mol. The van der Waals surface area contributed by atoms with Crippen molar-refractivity contribution >= 4 is 23.3 Å². The second kappa shape index (κ2) is 5.24. The molecule has 0 atom stereocenters. The van der Waals surface area contributed by atoms with Gasteiger partial charge >= 0.3 is 5.97 Å². The maximum Gasteiger partial charge on any atom is 0.337 e. The highest BCUT2D eigenvalue weighted by Gasteiger charge is 2.06. The first-order valence-corrected chi connectivity index (χ1v) is 6.44. The normalized spacial score (nSPS) is 10.6. The van der Waals surface area contributed by atoms with Gasteiger partial charge in [0.05, 0.1) is 12.7 Å². The molecule has 0 radical (unpaired) electrons. The van der Waals surface area contributed by atoms with Crippen molar-refractivity contribution in [2.45, 2.75) is 6.92 Å². The van der Waals surface area contributed by atoms with Gasteiger partial charge in [-0.15, -0.1) is 5.10 Å². The standard InChI is InChI=1S/C15H14N4O2/c1-10-7-8-19-13(9-10)17-15(18-19)16-12-5-3-11(4-6-12)14(20)21-2/h3-9H,1-2H3,(H,16,18). The molecule has 0 amide bonds. The quantitative estimate of drug-likeness (QED) is 0.748. The number of nitrogens with one attached hydrogen (secondary N) is 1. The second-order valence-electron chi connectivity index (χ2n) is 4.64. The molecule has 6 nitrogen and oxygen atoms in total. The number of aryl methyl sites for hydroxylation is 1. The van der Waals surface area contributed by atoms with E-state index in [4.69, 9.17) is 0 Å². The predicted octanol–water partition coefficient (Wildman–Crippen LogP) is 2.57. The Kier molecular flexibility index (Phi) is 3.27. The minimum atomic E-state index is -0.358. The van der Waals surface area contributed by atoms with Crippen molar-refractivity contribution in [3.05, 3.63) is 53.7 Å². The first kappa shape index (κ1) is 13.1. The van der Waals surface area contributed by atoms with E-state index in [9.17, 15) is 4.79 Å². The summed E-state index contributed by atoms with van der Waals surface area (Å²) in [6.07, 6.45) is 1.86. The van der Waals surface area contributed by atoms with Crippen LogP contribution in [0.25, 0.3) is 5.65 Å². The van der Waals surface area contributed by atoms with E-state index in [1.807, 2.05) is 25.3 Å². The zero-order valence-corrected chi connectivity index (χ0v) is 11.7. The summed E-state index contributed by atoms with van der Waals surface area (Å²) in [6.45, 7) is 2.01. The lowest BCUT2D eigenvalue weighted by Gasteiger charge is -2.03. The fourth-order valence-electron chi connectivity index (χ4n) is 1.97. The Morgan fingerprint density at radius 2 is 2.00 bits per heavy atom. The minimum Gasteiger partial charge on any atom is -0.465 e. The molecule has 1 N–H and O–H groups in total. The molecule has 0 aliphatic carbocycles. The van der Waals surface area contributed by atoms with Gasteiger partial charge in [0.25, 0.3) is 0 Å². The van der Waals surface area contributed by atoms with Gasteiger partial charge in [-0.1, -0.05) is 0 Å². The highest BCUT2D eigenvalue weighted by molar-refractivity contribution is 5.89. The van der Waals surface area contributed by atoms with E-state index in [2.05, 4.69) is 20.1 Å². The fraction of sp³-hybridized carbons (Fsp3) is 0.133. The van der Waals surface area contributed by atoms with Crippen LogP contribution in [-0.2, 0) is 4.74 Å². The van der Waals surface area contributed by atoms with Gasteiger partial charge in [0.1, 0.15) is 0 Å². The van der Waals surface area contributed by atoms with E-state index in [0.717, 1.165) is 16.9 Å². The van der Waals surface area contributed by atoms with Gasteiger partial charge < -0.3 is 10.1 Å². The minimum absolute atomic E-state index is 0.358. The molecule has 6 heteroatoms. The number of aromatic nitrogens is 3. The molecule has 106 valence electrons. The lowest BCUT2D eigenvalue weighted by molar-refractivity contribution is 0.0601. The van der Waals surface area contributed by atoms with Gasteiger partial charge in [0, 0.05) is 11.9 Å². The van der Waals surface area contributed by atoms with Crippen molar-refractivity contribution in [3.63, 3.8) is 0 Å². The molecule has 21 heavy (non-hydrogen) atoms. The second-order valence-corrected chi connectivity index (χ2v) is 4.64. The average Bonchev–Trinajstić information content (AvgIpc) is 2.88. The van der Waals surface area contributed by atoms with Gasteiger partial charge in [-0.25, -0.2) is 9.31 Å². The maximum absolute atomic E-state index is 11.4. The molecule has 0 aliphatic rings. The summed E-state index contributed by atoms with van der Waals surface area (Å²) in [5, 5.41) is 7.43. The summed E-state index contributed by atoms with van der Waals surface area (Å²) in [4.78, 5) is 15.8. The van der Waals surface area contributed by atoms with Crippen LogP contribution >= 0.6 is 0 Å². The molecule has 1 aromatic carbocycles. The summed E-state index contributed by atoms with van der Waals surface area (Å²) in [7, 11) is 1.36. The average molecular weight is 282 g/mol. The van der Waals surface area contributed by atoms with E-state index in [1.165, 1.54) is 7.11 Å². The van der Waals surface area contributed by atoms with Crippen LogP contribution in [0.15, 0.2) is 42.6 Å². The number of hydrogen-bond donors (Lipinski definition) is 1. The number of esters is 1. The number of methoxy groups -OCH3 is 1. The summed E-state index contributed by atoms with van der Waals surface area (Å²) < 4.78 is 6.36. The van der Waals surface area contributed by atoms with Gasteiger partial charge in [-0.2, -0.15) is 4.98 Å². The topological polar surface area (TPSA) is 68.5 Å². The Balaban J connectivity index is 1.83. The molecule has 3 rings (SSSR count). The molecule has 0 bridgehead atoms. The van der Waals surface area contributed by atoms with Gasteiger partial charge in [0.2, 0.25) is 5.95 Å². The molecule has 0 fully saturated rings. The molecule has 2 aromatic heterocycles. The first-order valence-electron chi connectivity index (χ1n) is 6.44. The van der Waals surface area contributed by atoms with Crippen molar-refractivity contribution in [3.8, 4) is 0 Å². The SMILES string of the molecule is COC(=O)c1ccc(Nc2nc3cc(C)ccn3n2)cc1. The van der Waals surface area contributed by atoms with Crippen molar-refractivity contribution in [2.24, 2.45) is 0 Å². The lowest BCUT2D eigenvalue weighted by Crippen LogP contribution is -2.01. The highest BCUT2D eigenvalue weighted by atomic mass is 16.5. The molecule has 0 aliphatic heterocycles. The molecule has 0 saturated carbocycles. The third-order valence-corrected chi connectivity index (χ3v) is 3.06. The summed E-state index contributed by atoms with van der Waals surface area (Å²) in [6, 6.07) is 10.9. The number of carbonyl (C=O) groups is 1. The van der Waals surface area contributed by atoms with Crippen LogP contribution in [-0.4, -0.2) is 27.7 Å². The molecule has 0 unspecified atom stereocenters. The van der Waals surface area contributed by atoms with Gasteiger partial charge in [-0.05, 0) is 48.9 Å². The van der Waals surface area contributed by atoms with Crippen molar-refractivity contribution < 1.29 is 9.53 Å². The maximum atomic E-state index is 11.4. The molecule has 0 spiro atoms. The van der Waals surface area contributed by atoms with Crippen LogP contribution in [0.3, 0.4) is 0 Å². The molecule has 3 aromatic rings. The summed E-state index contributed by atoms with van der Waals surface area (Å²) >= 11 is 0. The van der Waals surface area contributed by atoms with Gasteiger partial charge in [0.15, 0.2) is 5.65 Å². The smallest absolute Gasteiger partial charge is 0.337 e. The van der Waals surface area contributed by atoms with E-state index in [-0.39, 0.29) is 5.97 Å². The van der Waals surface area contributed by atoms with Gasteiger partial charge in [-0.3, -0.25) is 0 Å². The number of hydrogen-bond acceptors (Lipinski definition) is 5. The Bertz CT molecular complexity index is 793. The van der Waals surface area contributed by atoms with Crippen LogP contribution in [0.4, 0.5) is 11.6 Å². The van der Waals surface area contributed by atoms with Crippen LogP contribution in [0.5, 0.6) is 0 Å². The van der Waals surface area contributed by atoms with Crippen molar-refractivity contribution in [2.75, 3.05) is 12.4 Å². The number of nitrogens with zero attached hydrogens (tertiary/aromatic N) is 3. The number of fused-ring (bicyclic) bond motifs is 1. The first-order chi connectivity index (χ1) is 10.2. The largest absolute Gasteiger partial charge is 0.465 e.